The number of hydrogen-bond donors (Lipinski definition) is 2. The summed E-state index contributed by atoms with van der Waals surface area (Å²) in [6.07, 6.45) is 0. The predicted octanol–water partition coefficient (Wildman–Crippen LogP) is 1.39. The summed E-state index contributed by atoms with van der Waals surface area (Å²) in [6, 6.07) is 6.38. The molecule has 3 N–H and O–H groups in total. The van der Waals surface area contributed by atoms with Gasteiger partial charge in [0.05, 0.1) is 5.52 Å². The molecule has 15 heavy (non-hydrogen) atoms. The number of fused-ring (bicyclic) bond motifs is 1. The molecule has 0 saturated heterocycles. The third kappa shape index (κ3) is 1.78. The number of nitrogens with one attached hydrogen (secondary N) is 1. The summed E-state index contributed by atoms with van der Waals surface area (Å²) in [5.41, 5.74) is 5.58. The molecule has 4 nitrogen and oxygen atoms in total. The number of aromatic nitrogens is 1. The molecule has 1 aromatic carbocycles. The monoisotopic (exact) mass is 266 g/mol. The van der Waals surface area contributed by atoms with E-state index in [4.69, 9.17) is 5.73 Å². The SMILES string of the molecule is NC(=O)c1cc(=O)c2ccc(Br)cc2[nH]1. The van der Waals surface area contributed by atoms with Crippen molar-refractivity contribution in [1.82, 2.24) is 4.98 Å². The molecular weight excluding hydrogens is 260 g/mol. The van der Waals surface area contributed by atoms with Gasteiger partial charge < -0.3 is 10.7 Å². The van der Waals surface area contributed by atoms with Crippen molar-refractivity contribution in [2.75, 3.05) is 0 Å². The molecule has 1 aromatic heterocycles. The maximum absolute atomic E-state index is 11.6. The summed E-state index contributed by atoms with van der Waals surface area (Å²) in [7, 11) is 0. The van der Waals surface area contributed by atoms with Gasteiger partial charge in [-0.25, -0.2) is 0 Å². The molecule has 0 spiro atoms. The Morgan fingerprint density at radius 2 is 2.07 bits per heavy atom. The summed E-state index contributed by atoms with van der Waals surface area (Å²) >= 11 is 3.28. The van der Waals surface area contributed by atoms with Crippen molar-refractivity contribution in [3.8, 4) is 0 Å². The highest BCUT2D eigenvalue weighted by atomic mass is 79.9. The molecule has 76 valence electrons. The molecule has 0 saturated carbocycles. The normalized spacial score (nSPS) is 10.5. The number of carbonyl (C=O) groups is 1. The minimum absolute atomic E-state index is 0.116. The van der Waals surface area contributed by atoms with Gasteiger partial charge in [0.15, 0.2) is 5.43 Å². The molecule has 1 heterocycles. The third-order valence-electron chi connectivity index (χ3n) is 2.06. The van der Waals surface area contributed by atoms with E-state index in [0.717, 1.165) is 4.47 Å². The molecule has 1 amide bonds. The van der Waals surface area contributed by atoms with E-state index in [-0.39, 0.29) is 11.1 Å². The first kappa shape index (κ1) is 9.92. The van der Waals surface area contributed by atoms with Gasteiger partial charge in [0.1, 0.15) is 5.69 Å². The Labute approximate surface area is 93.2 Å². The molecule has 0 aliphatic carbocycles. The molecule has 0 unspecified atom stereocenters. The molecule has 0 radical (unpaired) electrons. The second-order valence-corrected chi connectivity index (χ2v) is 4.02. The predicted molar refractivity (Wildman–Crippen MR) is 60.8 cm³/mol. The van der Waals surface area contributed by atoms with Gasteiger partial charge in [0.2, 0.25) is 0 Å². The lowest BCUT2D eigenvalue weighted by Crippen LogP contribution is -2.16. The minimum atomic E-state index is -0.644. The van der Waals surface area contributed by atoms with Crippen molar-refractivity contribution in [2.45, 2.75) is 0 Å². The molecular formula is C10H7BrN2O2. The van der Waals surface area contributed by atoms with Crippen molar-refractivity contribution < 1.29 is 4.79 Å². The van der Waals surface area contributed by atoms with E-state index in [1.807, 2.05) is 0 Å². The van der Waals surface area contributed by atoms with E-state index in [1.54, 1.807) is 18.2 Å². The first-order valence-electron chi connectivity index (χ1n) is 4.20. The van der Waals surface area contributed by atoms with Crippen molar-refractivity contribution in [2.24, 2.45) is 5.73 Å². The average Bonchev–Trinajstić information content (AvgIpc) is 2.16. The number of primary amides is 1. The fourth-order valence-electron chi connectivity index (χ4n) is 1.36. The number of pyridine rings is 1. The molecule has 5 heteroatoms. The Bertz CT molecular complexity index is 604. The zero-order valence-electron chi connectivity index (χ0n) is 7.58. The maximum Gasteiger partial charge on any atom is 0.265 e. The van der Waals surface area contributed by atoms with Crippen LogP contribution in [-0.2, 0) is 0 Å². The second kappa shape index (κ2) is 3.51. The summed E-state index contributed by atoms with van der Waals surface area (Å²) in [6.45, 7) is 0. The summed E-state index contributed by atoms with van der Waals surface area (Å²) in [5.74, 6) is -0.644. The van der Waals surface area contributed by atoms with Crippen molar-refractivity contribution >= 4 is 32.7 Å². The first-order chi connectivity index (χ1) is 7.08. The topological polar surface area (TPSA) is 76.0 Å². The number of amides is 1. The quantitative estimate of drug-likeness (QED) is 0.819. The second-order valence-electron chi connectivity index (χ2n) is 3.10. The van der Waals surface area contributed by atoms with Gasteiger partial charge in [-0.05, 0) is 18.2 Å². The van der Waals surface area contributed by atoms with Crippen LogP contribution in [0, 0.1) is 0 Å². The number of carbonyl (C=O) groups excluding carboxylic acids is 1. The molecule has 0 fully saturated rings. The molecule has 0 bridgehead atoms. The van der Waals surface area contributed by atoms with Crippen molar-refractivity contribution in [3.63, 3.8) is 0 Å². The van der Waals surface area contributed by atoms with Crippen LogP contribution in [0.15, 0.2) is 33.5 Å². The molecule has 0 atom stereocenters. The first-order valence-corrected chi connectivity index (χ1v) is 4.99. The fourth-order valence-corrected chi connectivity index (χ4v) is 1.72. The van der Waals surface area contributed by atoms with Crippen molar-refractivity contribution in [1.29, 1.82) is 0 Å². The van der Waals surface area contributed by atoms with Crippen molar-refractivity contribution in [3.05, 3.63) is 44.7 Å². The average molecular weight is 267 g/mol. The van der Waals surface area contributed by atoms with Gasteiger partial charge in [0, 0.05) is 15.9 Å². The zero-order valence-corrected chi connectivity index (χ0v) is 9.17. The number of hydrogen-bond acceptors (Lipinski definition) is 2. The summed E-state index contributed by atoms with van der Waals surface area (Å²) in [4.78, 5) is 25.3. The lowest BCUT2D eigenvalue weighted by atomic mass is 10.2. The molecule has 2 aromatic rings. The fraction of sp³-hybridized carbons (Fsp3) is 0. The highest BCUT2D eigenvalue weighted by Gasteiger charge is 2.05. The molecule has 0 aliphatic rings. The number of H-pyrrole nitrogens is 1. The number of aromatic amines is 1. The van der Waals surface area contributed by atoms with E-state index >= 15 is 0 Å². The number of rotatable bonds is 1. The van der Waals surface area contributed by atoms with E-state index in [2.05, 4.69) is 20.9 Å². The van der Waals surface area contributed by atoms with Crippen LogP contribution in [0.3, 0.4) is 0 Å². The van der Waals surface area contributed by atoms with Crippen LogP contribution in [0.1, 0.15) is 10.5 Å². The van der Waals surface area contributed by atoms with Gasteiger partial charge in [-0.3, -0.25) is 9.59 Å². The van der Waals surface area contributed by atoms with Gasteiger partial charge in [0.25, 0.3) is 5.91 Å². The zero-order chi connectivity index (χ0) is 11.0. The highest BCUT2D eigenvalue weighted by Crippen LogP contribution is 2.15. The molecule has 2 rings (SSSR count). The molecule has 0 aliphatic heterocycles. The van der Waals surface area contributed by atoms with Crippen LogP contribution in [0.5, 0.6) is 0 Å². The van der Waals surface area contributed by atoms with Crippen LogP contribution in [-0.4, -0.2) is 10.9 Å². The summed E-state index contributed by atoms with van der Waals surface area (Å²) in [5, 5.41) is 0.531. The largest absolute Gasteiger partial charge is 0.364 e. The Morgan fingerprint density at radius 3 is 2.73 bits per heavy atom. The Morgan fingerprint density at radius 1 is 1.33 bits per heavy atom. The smallest absolute Gasteiger partial charge is 0.265 e. The Kier molecular flexibility index (Phi) is 2.32. The van der Waals surface area contributed by atoms with Gasteiger partial charge in [-0.2, -0.15) is 0 Å². The van der Waals surface area contributed by atoms with E-state index in [9.17, 15) is 9.59 Å². The van der Waals surface area contributed by atoms with Crippen LogP contribution in [0.4, 0.5) is 0 Å². The van der Waals surface area contributed by atoms with E-state index < -0.39 is 5.91 Å². The Balaban J connectivity index is 2.85. The van der Waals surface area contributed by atoms with Crippen LogP contribution >= 0.6 is 15.9 Å². The maximum atomic E-state index is 11.6. The van der Waals surface area contributed by atoms with Gasteiger partial charge in [-0.1, -0.05) is 15.9 Å². The van der Waals surface area contributed by atoms with Crippen LogP contribution < -0.4 is 11.2 Å². The number of benzene rings is 1. The van der Waals surface area contributed by atoms with Crippen LogP contribution in [0.25, 0.3) is 10.9 Å². The third-order valence-corrected chi connectivity index (χ3v) is 2.55. The highest BCUT2D eigenvalue weighted by molar-refractivity contribution is 9.10. The van der Waals surface area contributed by atoms with Gasteiger partial charge >= 0.3 is 0 Å². The Hall–Kier alpha value is -1.62. The lowest BCUT2D eigenvalue weighted by molar-refractivity contribution is 0.0996. The minimum Gasteiger partial charge on any atom is -0.364 e. The number of nitrogens with two attached hydrogens (primary N) is 1. The standard InChI is InChI=1S/C10H7BrN2O2/c11-5-1-2-6-7(3-5)13-8(10(12)15)4-9(6)14/h1-4H,(H2,12,15)(H,13,14). The van der Waals surface area contributed by atoms with Crippen LogP contribution in [0.2, 0.25) is 0 Å². The van der Waals surface area contributed by atoms with E-state index in [0.29, 0.717) is 10.9 Å². The van der Waals surface area contributed by atoms with E-state index in [1.165, 1.54) is 6.07 Å². The lowest BCUT2D eigenvalue weighted by Gasteiger charge is -2.01. The van der Waals surface area contributed by atoms with Gasteiger partial charge in [-0.15, -0.1) is 0 Å². The summed E-state index contributed by atoms with van der Waals surface area (Å²) < 4.78 is 0.826. The number of halogens is 1.